The van der Waals surface area contributed by atoms with Crippen LogP contribution in [0.15, 0.2) is 12.7 Å². The van der Waals surface area contributed by atoms with Crippen LogP contribution in [0.5, 0.6) is 0 Å². The Morgan fingerprint density at radius 3 is 2.56 bits per heavy atom. The molecule has 0 spiro atoms. The largest absolute Gasteiger partial charge is 0.444 e. The molecule has 0 aliphatic carbocycles. The summed E-state index contributed by atoms with van der Waals surface area (Å²) in [4.78, 5) is 11.5. The Bertz CT molecular complexity index is 218. The molecular formula is C13H25NO2. The zero-order valence-electron chi connectivity index (χ0n) is 11.0. The van der Waals surface area contributed by atoms with Crippen molar-refractivity contribution in [2.75, 3.05) is 0 Å². The first-order valence-electron chi connectivity index (χ1n) is 5.99. The Balaban J connectivity index is 4.06. The molecule has 3 nitrogen and oxygen atoms in total. The third-order valence-corrected chi connectivity index (χ3v) is 2.08. The second kappa shape index (κ2) is 7.31. The van der Waals surface area contributed by atoms with Crippen molar-refractivity contribution in [3.63, 3.8) is 0 Å². The van der Waals surface area contributed by atoms with Crippen molar-refractivity contribution in [3.8, 4) is 0 Å². The molecule has 1 atom stereocenters. The van der Waals surface area contributed by atoms with Gasteiger partial charge >= 0.3 is 6.09 Å². The molecule has 0 heterocycles. The number of ether oxygens (including phenoxy) is 1. The topological polar surface area (TPSA) is 38.3 Å². The van der Waals surface area contributed by atoms with Gasteiger partial charge in [-0.2, -0.15) is 0 Å². The number of carbonyl (C=O) groups is 1. The highest BCUT2D eigenvalue weighted by Gasteiger charge is 2.18. The average Bonchev–Trinajstić information content (AvgIpc) is 2.11. The van der Waals surface area contributed by atoms with E-state index in [1.54, 1.807) is 0 Å². The van der Waals surface area contributed by atoms with E-state index in [1.165, 1.54) is 0 Å². The molecule has 0 fully saturated rings. The third kappa shape index (κ3) is 8.33. The van der Waals surface area contributed by atoms with Crippen molar-refractivity contribution >= 4 is 6.09 Å². The lowest BCUT2D eigenvalue weighted by Gasteiger charge is -2.23. The van der Waals surface area contributed by atoms with E-state index in [-0.39, 0.29) is 12.1 Å². The highest BCUT2D eigenvalue weighted by Crippen LogP contribution is 2.09. The van der Waals surface area contributed by atoms with Crippen LogP contribution in [-0.4, -0.2) is 17.7 Å². The fourth-order valence-electron chi connectivity index (χ4n) is 1.37. The van der Waals surface area contributed by atoms with Crippen LogP contribution in [0.3, 0.4) is 0 Å². The first kappa shape index (κ1) is 15.0. The quantitative estimate of drug-likeness (QED) is 0.703. The Morgan fingerprint density at radius 2 is 2.12 bits per heavy atom. The molecule has 0 aliphatic heterocycles. The van der Waals surface area contributed by atoms with Crippen LogP contribution < -0.4 is 5.32 Å². The van der Waals surface area contributed by atoms with E-state index < -0.39 is 5.60 Å². The fraction of sp³-hybridized carbons (Fsp3) is 0.769. The average molecular weight is 227 g/mol. The van der Waals surface area contributed by atoms with E-state index in [9.17, 15) is 4.79 Å². The van der Waals surface area contributed by atoms with Gasteiger partial charge < -0.3 is 10.1 Å². The van der Waals surface area contributed by atoms with Gasteiger partial charge in [0.1, 0.15) is 5.60 Å². The van der Waals surface area contributed by atoms with Gasteiger partial charge in [0.15, 0.2) is 0 Å². The molecule has 0 bridgehead atoms. The molecule has 0 aromatic carbocycles. The minimum Gasteiger partial charge on any atom is -0.444 e. The molecule has 0 rings (SSSR count). The molecule has 1 N–H and O–H groups in total. The fourth-order valence-corrected chi connectivity index (χ4v) is 1.37. The number of unbranched alkanes of at least 4 members (excludes halogenated alkanes) is 1. The minimum absolute atomic E-state index is 0.146. The van der Waals surface area contributed by atoms with Gasteiger partial charge in [-0.1, -0.05) is 25.8 Å². The van der Waals surface area contributed by atoms with Crippen LogP contribution in [0.4, 0.5) is 4.79 Å². The molecule has 0 aromatic heterocycles. The maximum absolute atomic E-state index is 11.5. The first-order chi connectivity index (χ1) is 7.39. The summed E-state index contributed by atoms with van der Waals surface area (Å²) in [5.74, 6) is 0. The number of carbonyl (C=O) groups excluding carboxylic acids is 1. The van der Waals surface area contributed by atoms with E-state index in [1.807, 2.05) is 26.8 Å². The summed E-state index contributed by atoms with van der Waals surface area (Å²) in [6.07, 6.45) is 5.49. The molecule has 0 radical (unpaired) electrons. The van der Waals surface area contributed by atoms with Crippen LogP contribution in [0.2, 0.25) is 0 Å². The Morgan fingerprint density at radius 1 is 1.50 bits per heavy atom. The SMILES string of the molecule is C=CC[C@H](CCCC)NC(=O)OC(C)(C)C. The van der Waals surface area contributed by atoms with Crippen molar-refractivity contribution in [2.24, 2.45) is 0 Å². The summed E-state index contributed by atoms with van der Waals surface area (Å²) in [5.41, 5.74) is -0.437. The van der Waals surface area contributed by atoms with Gasteiger partial charge in [-0.25, -0.2) is 4.79 Å². The standard InChI is InChI=1S/C13H25NO2/c1-6-8-10-11(9-7-2)14-12(15)16-13(3,4)5/h7,11H,2,6,8-10H2,1,3-5H3,(H,14,15)/t11-/m1/s1. The lowest BCUT2D eigenvalue weighted by atomic mass is 10.1. The lowest BCUT2D eigenvalue weighted by Crippen LogP contribution is -2.38. The maximum Gasteiger partial charge on any atom is 0.407 e. The van der Waals surface area contributed by atoms with Gasteiger partial charge in [-0.3, -0.25) is 0 Å². The Hall–Kier alpha value is -0.990. The van der Waals surface area contributed by atoms with E-state index in [0.29, 0.717) is 0 Å². The van der Waals surface area contributed by atoms with Gasteiger partial charge in [-0.05, 0) is 33.6 Å². The predicted octanol–water partition coefficient (Wildman–Crippen LogP) is 3.65. The smallest absolute Gasteiger partial charge is 0.407 e. The van der Waals surface area contributed by atoms with E-state index in [4.69, 9.17) is 4.74 Å². The predicted molar refractivity (Wildman–Crippen MR) is 67.5 cm³/mol. The Kier molecular flexibility index (Phi) is 6.86. The van der Waals surface area contributed by atoms with Gasteiger partial charge in [0.05, 0.1) is 0 Å². The molecular weight excluding hydrogens is 202 g/mol. The molecule has 0 saturated carbocycles. The zero-order chi connectivity index (χ0) is 12.6. The van der Waals surface area contributed by atoms with Crippen molar-refractivity contribution in [1.82, 2.24) is 5.32 Å². The van der Waals surface area contributed by atoms with Crippen molar-refractivity contribution in [1.29, 1.82) is 0 Å². The molecule has 0 saturated heterocycles. The number of alkyl carbamates (subject to hydrolysis) is 1. The first-order valence-corrected chi connectivity index (χ1v) is 5.99. The maximum atomic E-state index is 11.5. The normalized spacial score (nSPS) is 13.0. The van der Waals surface area contributed by atoms with Gasteiger partial charge in [0, 0.05) is 6.04 Å². The molecule has 0 aromatic rings. The molecule has 16 heavy (non-hydrogen) atoms. The van der Waals surface area contributed by atoms with Crippen molar-refractivity contribution in [2.45, 2.75) is 65.0 Å². The Labute approximate surface area is 99.3 Å². The van der Waals surface area contributed by atoms with Crippen LogP contribution in [0.1, 0.15) is 53.4 Å². The summed E-state index contributed by atoms with van der Waals surface area (Å²) >= 11 is 0. The summed E-state index contributed by atoms with van der Waals surface area (Å²) in [6, 6.07) is 0.146. The summed E-state index contributed by atoms with van der Waals surface area (Å²) in [5, 5.41) is 2.88. The highest BCUT2D eigenvalue weighted by atomic mass is 16.6. The number of hydrogen-bond donors (Lipinski definition) is 1. The monoisotopic (exact) mass is 227 g/mol. The molecule has 3 heteroatoms. The highest BCUT2D eigenvalue weighted by molar-refractivity contribution is 5.68. The van der Waals surface area contributed by atoms with Gasteiger partial charge in [0.2, 0.25) is 0 Å². The lowest BCUT2D eigenvalue weighted by molar-refractivity contribution is 0.0502. The molecule has 0 aliphatic rings. The van der Waals surface area contributed by atoms with Crippen molar-refractivity contribution in [3.05, 3.63) is 12.7 Å². The van der Waals surface area contributed by atoms with Crippen molar-refractivity contribution < 1.29 is 9.53 Å². The second-order valence-corrected chi connectivity index (χ2v) is 5.01. The van der Waals surface area contributed by atoms with E-state index >= 15 is 0 Å². The summed E-state index contributed by atoms with van der Waals surface area (Å²) in [6.45, 7) is 11.4. The minimum atomic E-state index is -0.437. The summed E-state index contributed by atoms with van der Waals surface area (Å²) < 4.78 is 5.21. The van der Waals surface area contributed by atoms with Gasteiger partial charge in [0.25, 0.3) is 0 Å². The number of rotatable bonds is 6. The zero-order valence-corrected chi connectivity index (χ0v) is 11.0. The van der Waals surface area contributed by atoms with Gasteiger partial charge in [-0.15, -0.1) is 6.58 Å². The van der Waals surface area contributed by atoms with Crippen LogP contribution in [0.25, 0.3) is 0 Å². The molecule has 1 amide bonds. The van der Waals surface area contributed by atoms with Crippen LogP contribution in [-0.2, 0) is 4.74 Å². The third-order valence-electron chi connectivity index (χ3n) is 2.08. The molecule has 0 unspecified atom stereocenters. The number of amides is 1. The van der Waals surface area contributed by atoms with E-state index in [0.717, 1.165) is 25.7 Å². The van der Waals surface area contributed by atoms with Crippen LogP contribution >= 0.6 is 0 Å². The number of nitrogens with one attached hydrogen (secondary N) is 1. The van der Waals surface area contributed by atoms with Crippen LogP contribution in [0, 0.1) is 0 Å². The molecule has 94 valence electrons. The van der Waals surface area contributed by atoms with E-state index in [2.05, 4.69) is 18.8 Å². The number of hydrogen-bond acceptors (Lipinski definition) is 2. The summed E-state index contributed by atoms with van der Waals surface area (Å²) in [7, 11) is 0. The second-order valence-electron chi connectivity index (χ2n) is 5.01.